The number of hydrogen-bond donors (Lipinski definition) is 0. The molecule has 1 atom stereocenters. The maximum absolute atomic E-state index is 12.3. The molecule has 98 valence electrons. The standard InChI is InChI=1S/C13H13F3O2/c1-9(18-10(2)17)3-4-11-5-7-12(8-6-11)13(14,15)16/h3-9H,1-2H3/b4-3+/t9-/m1/s1. The van der Waals surface area contributed by atoms with Gasteiger partial charge in [-0.15, -0.1) is 0 Å². The number of rotatable bonds is 3. The summed E-state index contributed by atoms with van der Waals surface area (Å²) in [6, 6.07) is 4.74. The first-order chi connectivity index (χ1) is 8.29. The molecule has 5 heteroatoms. The van der Waals surface area contributed by atoms with Crippen molar-refractivity contribution in [3.05, 3.63) is 41.5 Å². The predicted molar refractivity (Wildman–Crippen MR) is 61.7 cm³/mol. The van der Waals surface area contributed by atoms with Crippen LogP contribution in [-0.4, -0.2) is 12.1 Å². The van der Waals surface area contributed by atoms with Crippen LogP contribution in [0.25, 0.3) is 6.08 Å². The average Bonchev–Trinajstić information content (AvgIpc) is 2.25. The van der Waals surface area contributed by atoms with Gasteiger partial charge in [0, 0.05) is 6.92 Å². The van der Waals surface area contributed by atoms with Crippen molar-refractivity contribution < 1.29 is 22.7 Å². The van der Waals surface area contributed by atoms with E-state index in [1.807, 2.05) is 0 Å². The summed E-state index contributed by atoms with van der Waals surface area (Å²) in [5.41, 5.74) is -0.0744. The third-order valence-electron chi connectivity index (χ3n) is 2.15. The summed E-state index contributed by atoms with van der Waals surface area (Å²) in [5, 5.41) is 0. The number of benzene rings is 1. The van der Waals surface area contributed by atoms with Crippen LogP contribution in [0.15, 0.2) is 30.3 Å². The zero-order valence-electron chi connectivity index (χ0n) is 9.99. The Kier molecular flexibility index (Phi) is 4.53. The van der Waals surface area contributed by atoms with E-state index in [1.54, 1.807) is 19.1 Å². The number of halogens is 3. The van der Waals surface area contributed by atoms with Gasteiger partial charge in [-0.05, 0) is 30.7 Å². The molecule has 0 spiro atoms. The minimum Gasteiger partial charge on any atom is -0.459 e. The van der Waals surface area contributed by atoms with Gasteiger partial charge in [0.25, 0.3) is 0 Å². The van der Waals surface area contributed by atoms with Crippen molar-refractivity contribution in [1.82, 2.24) is 0 Å². The molecule has 0 bridgehead atoms. The van der Waals surface area contributed by atoms with Crippen molar-refractivity contribution >= 4 is 12.0 Å². The highest BCUT2D eigenvalue weighted by atomic mass is 19.4. The summed E-state index contributed by atoms with van der Waals surface area (Å²) in [4.78, 5) is 10.6. The van der Waals surface area contributed by atoms with Crippen LogP contribution >= 0.6 is 0 Å². The SMILES string of the molecule is CC(=O)O[C@H](C)/C=C/c1ccc(C(F)(F)F)cc1. The molecule has 1 aromatic carbocycles. The van der Waals surface area contributed by atoms with Gasteiger partial charge in [-0.25, -0.2) is 0 Å². The zero-order valence-corrected chi connectivity index (χ0v) is 9.99. The summed E-state index contributed by atoms with van der Waals surface area (Å²) >= 11 is 0. The molecule has 1 aromatic rings. The van der Waals surface area contributed by atoms with Gasteiger partial charge in [0.15, 0.2) is 0 Å². The molecular weight excluding hydrogens is 245 g/mol. The molecule has 0 aromatic heterocycles. The summed E-state index contributed by atoms with van der Waals surface area (Å²) in [7, 11) is 0. The third kappa shape index (κ3) is 4.61. The van der Waals surface area contributed by atoms with Crippen LogP contribution in [0, 0.1) is 0 Å². The summed E-state index contributed by atoms with van der Waals surface area (Å²) in [6.45, 7) is 2.96. The van der Waals surface area contributed by atoms with Gasteiger partial charge in [-0.3, -0.25) is 4.79 Å². The third-order valence-corrected chi connectivity index (χ3v) is 2.15. The van der Waals surface area contributed by atoms with Crippen molar-refractivity contribution in [3.8, 4) is 0 Å². The Balaban J connectivity index is 2.69. The lowest BCUT2D eigenvalue weighted by atomic mass is 10.1. The minimum absolute atomic E-state index is 0.403. The van der Waals surface area contributed by atoms with E-state index in [1.165, 1.54) is 19.1 Å². The number of ether oxygens (including phenoxy) is 1. The van der Waals surface area contributed by atoms with Gasteiger partial charge < -0.3 is 4.74 Å². The monoisotopic (exact) mass is 258 g/mol. The van der Waals surface area contributed by atoms with E-state index in [9.17, 15) is 18.0 Å². The van der Waals surface area contributed by atoms with Crippen LogP contribution in [0.2, 0.25) is 0 Å². The van der Waals surface area contributed by atoms with Crippen molar-refractivity contribution in [1.29, 1.82) is 0 Å². The van der Waals surface area contributed by atoms with Gasteiger partial charge in [0.1, 0.15) is 6.10 Å². The van der Waals surface area contributed by atoms with Gasteiger partial charge >= 0.3 is 12.1 Å². The first-order valence-corrected chi connectivity index (χ1v) is 5.31. The van der Waals surface area contributed by atoms with Crippen LogP contribution in [-0.2, 0) is 15.7 Å². The smallest absolute Gasteiger partial charge is 0.416 e. The normalized spacial score (nSPS) is 13.6. The Bertz CT molecular complexity index is 433. The predicted octanol–water partition coefficient (Wildman–Crippen LogP) is 3.67. The molecule has 0 radical (unpaired) electrons. The van der Waals surface area contributed by atoms with E-state index in [2.05, 4.69) is 0 Å². The van der Waals surface area contributed by atoms with Crippen molar-refractivity contribution in [2.24, 2.45) is 0 Å². The molecule has 18 heavy (non-hydrogen) atoms. The van der Waals surface area contributed by atoms with Crippen molar-refractivity contribution in [3.63, 3.8) is 0 Å². The number of carbonyl (C=O) groups excluding carboxylic acids is 1. The first-order valence-electron chi connectivity index (χ1n) is 5.31. The lowest BCUT2D eigenvalue weighted by Crippen LogP contribution is -2.08. The van der Waals surface area contributed by atoms with E-state index in [0.29, 0.717) is 5.56 Å². The molecule has 0 unspecified atom stereocenters. The van der Waals surface area contributed by atoms with E-state index >= 15 is 0 Å². The minimum atomic E-state index is -4.33. The van der Waals surface area contributed by atoms with E-state index in [0.717, 1.165) is 12.1 Å². The summed E-state index contributed by atoms with van der Waals surface area (Å²) in [5.74, 6) is -0.403. The second-order valence-corrected chi connectivity index (χ2v) is 3.79. The fourth-order valence-electron chi connectivity index (χ4n) is 1.33. The Morgan fingerprint density at radius 2 is 1.83 bits per heavy atom. The van der Waals surface area contributed by atoms with Crippen LogP contribution in [0.3, 0.4) is 0 Å². The zero-order chi connectivity index (χ0) is 13.8. The Hall–Kier alpha value is -1.78. The number of esters is 1. The number of carbonyl (C=O) groups is 1. The van der Waals surface area contributed by atoms with Gasteiger partial charge in [-0.2, -0.15) is 13.2 Å². The quantitative estimate of drug-likeness (QED) is 0.773. The number of hydrogen-bond acceptors (Lipinski definition) is 2. The maximum Gasteiger partial charge on any atom is 0.416 e. The highest BCUT2D eigenvalue weighted by Gasteiger charge is 2.29. The lowest BCUT2D eigenvalue weighted by molar-refractivity contribution is -0.143. The van der Waals surface area contributed by atoms with Crippen molar-refractivity contribution in [2.45, 2.75) is 26.1 Å². The summed E-state index contributed by atoms with van der Waals surface area (Å²) in [6.07, 6.45) is -1.53. The molecule has 0 N–H and O–H groups in total. The van der Waals surface area contributed by atoms with E-state index in [4.69, 9.17) is 4.74 Å². The lowest BCUT2D eigenvalue weighted by Gasteiger charge is -2.07. The second-order valence-electron chi connectivity index (χ2n) is 3.79. The topological polar surface area (TPSA) is 26.3 Å². The largest absolute Gasteiger partial charge is 0.459 e. The molecular formula is C13H13F3O2. The molecule has 0 amide bonds. The summed E-state index contributed by atoms with van der Waals surface area (Å²) < 4.78 is 41.7. The van der Waals surface area contributed by atoms with Crippen molar-refractivity contribution in [2.75, 3.05) is 0 Å². The van der Waals surface area contributed by atoms with E-state index in [-0.39, 0.29) is 0 Å². The molecule has 0 saturated heterocycles. The molecule has 0 fully saturated rings. The molecule has 0 aliphatic carbocycles. The highest BCUT2D eigenvalue weighted by molar-refractivity contribution is 5.66. The van der Waals surface area contributed by atoms with Gasteiger partial charge in [-0.1, -0.05) is 18.2 Å². The average molecular weight is 258 g/mol. The van der Waals surface area contributed by atoms with E-state index < -0.39 is 23.8 Å². The Labute approximate surface area is 103 Å². The molecule has 1 rings (SSSR count). The number of alkyl halides is 3. The van der Waals surface area contributed by atoms with Gasteiger partial charge in [0.2, 0.25) is 0 Å². The molecule has 0 heterocycles. The van der Waals surface area contributed by atoms with Crippen LogP contribution < -0.4 is 0 Å². The highest BCUT2D eigenvalue weighted by Crippen LogP contribution is 2.29. The Morgan fingerprint density at radius 3 is 2.28 bits per heavy atom. The van der Waals surface area contributed by atoms with Crippen LogP contribution in [0.1, 0.15) is 25.0 Å². The van der Waals surface area contributed by atoms with Crippen LogP contribution in [0.5, 0.6) is 0 Å². The second kappa shape index (κ2) is 5.71. The maximum atomic E-state index is 12.3. The van der Waals surface area contributed by atoms with Gasteiger partial charge in [0.05, 0.1) is 5.56 Å². The first kappa shape index (κ1) is 14.3. The fourth-order valence-corrected chi connectivity index (χ4v) is 1.33. The Morgan fingerprint density at radius 1 is 1.28 bits per heavy atom. The molecule has 0 aliphatic rings. The molecule has 0 aliphatic heterocycles. The molecule has 0 saturated carbocycles. The van der Waals surface area contributed by atoms with Crippen LogP contribution in [0.4, 0.5) is 13.2 Å². The molecule has 2 nitrogen and oxygen atoms in total. The fraction of sp³-hybridized carbons (Fsp3) is 0.308.